The Morgan fingerprint density at radius 3 is 2.66 bits per heavy atom. The number of aliphatic imine (C=N–C) groups is 1. The molecule has 1 aromatic heterocycles. The van der Waals surface area contributed by atoms with E-state index in [1.165, 1.54) is 0 Å². The minimum absolute atomic E-state index is 0. The lowest BCUT2D eigenvalue weighted by atomic mass is 10.1. The van der Waals surface area contributed by atoms with Gasteiger partial charge >= 0.3 is 0 Å². The third-order valence-corrected chi connectivity index (χ3v) is 5.55. The second-order valence-corrected chi connectivity index (χ2v) is 7.40. The Morgan fingerprint density at radius 2 is 1.93 bits per heavy atom. The highest BCUT2D eigenvalue weighted by Gasteiger charge is 2.12. The van der Waals surface area contributed by atoms with Crippen molar-refractivity contribution in [2.24, 2.45) is 4.99 Å². The number of guanidine groups is 1. The molecule has 1 unspecified atom stereocenters. The Hall–Kier alpha value is -2.17. The smallest absolute Gasteiger partial charge is 0.251 e. The molecule has 0 radical (unpaired) electrons. The number of benzene rings is 2. The molecule has 0 saturated carbocycles. The number of rotatable bonds is 6. The molecule has 3 aromatic rings. The van der Waals surface area contributed by atoms with E-state index in [1.807, 2.05) is 42.5 Å². The molecule has 154 valence electrons. The van der Waals surface area contributed by atoms with Crippen molar-refractivity contribution in [3.63, 3.8) is 0 Å². The highest BCUT2D eigenvalue weighted by atomic mass is 127. The average molecular weight is 524 g/mol. The van der Waals surface area contributed by atoms with Crippen molar-refractivity contribution in [3.05, 3.63) is 70.6 Å². The number of carbonyl (C=O) groups is 1. The lowest BCUT2D eigenvalue weighted by Crippen LogP contribution is -2.38. The number of nitrogens with one attached hydrogen (secondary N) is 3. The third kappa shape index (κ3) is 6.15. The van der Waals surface area contributed by atoms with E-state index in [1.54, 1.807) is 31.5 Å². The summed E-state index contributed by atoms with van der Waals surface area (Å²) in [5.41, 5.74) is 1.58. The molecule has 0 spiro atoms. The molecule has 0 fully saturated rings. The summed E-state index contributed by atoms with van der Waals surface area (Å²) in [5, 5.41) is 20.6. The normalized spacial score (nSPS) is 12.2. The fraction of sp³-hybridized carbons (Fsp3) is 0.238. The number of halogens is 1. The van der Waals surface area contributed by atoms with Crippen LogP contribution in [0.15, 0.2) is 59.6 Å². The number of fused-ring (bicyclic) bond motifs is 1. The van der Waals surface area contributed by atoms with Gasteiger partial charge in [-0.15, -0.1) is 35.3 Å². The van der Waals surface area contributed by atoms with Crippen molar-refractivity contribution >= 4 is 57.3 Å². The summed E-state index contributed by atoms with van der Waals surface area (Å²) < 4.78 is 1.16. The Bertz CT molecular complexity index is 956. The number of amides is 1. The first-order valence-corrected chi connectivity index (χ1v) is 9.84. The van der Waals surface area contributed by atoms with Gasteiger partial charge in [0, 0.05) is 42.3 Å². The molecule has 1 amide bonds. The number of aliphatic hydroxyl groups excluding tert-OH is 1. The molecule has 3 rings (SSSR count). The van der Waals surface area contributed by atoms with Crippen LogP contribution in [0.2, 0.25) is 0 Å². The monoisotopic (exact) mass is 524 g/mol. The Kier molecular flexibility index (Phi) is 8.87. The molecule has 0 aliphatic heterocycles. The summed E-state index contributed by atoms with van der Waals surface area (Å²) in [5.74, 6) is 0.473. The minimum Gasteiger partial charge on any atom is -0.386 e. The number of hydrogen-bond acceptors (Lipinski definition) is 4. The van der Waals surface area contributed by atoms with Gasteiger partial charge in [0.25, 0.3) is 5.91 Å². The van der Waals surface area contributed by atoms with E-state index in [-0.39, 0.29) is 29.9 Å². The molecule has 6 nitrogen and oxygen atoms in total. The van der Waals surface area contributed by atoms with Gasteiger partial charge in [-0.25, -0.2) is 0 Å². The van der Waals surface area contributed by atoms with Gasteiger partial charge in [-0.1, -0.05) is 30.3 Å². The first kappa shape index (κ1) is 23.1. The van der Waals surface area contributed by atoms with Crippen LogP contribution in [0.4, 0.5) is 0 Å². The van der Waals surface area contributed by atoms with Crippen LogP contribution in [-0.4, -0.2) is 37.6 Å². The molecule has 1 atom stereocenters. The van der Waals surface area contributed by atoms with Crippen LogP contribution in [-0.2, 0) is 6.54 Å². The highest BCUT2D eigenvalue weighted by Crippen LogP contribution is 2.29. The van der Waals surface area contributed by atoms with Gasteiger partial charge in [-0.05, 0) is 35.2 Å². The predicted octanol–water partition coefficient (Wildman–Crippen LogP) is 3.28. The van der Waals surface area contributed by atoms with Crippen molar-refractivity contribution < 1.29 is 9.90 Å². The van der Waals surface area contributed by atoms with Crippen molar-refractivity contribution in [2.45, 2.75) is 12.6 Å². The third-order valence-electron chi connectivity index (χ3n) is 4.34. The molecule has 8 heteroatoms. The molecular formula is C21H25IN4O2S. The van der Waals surface area contributed by atoms with Gasteiger partial charge in [0.1, 0.15) is 6.10 Å². The minimum atomic E-state index is -0.618. The quantitative estimate of drug-likeness (QED) is 0.227. The predicted molar refractivity (Wildman–Crippen MR) is 130 cm³/mol. The zero-order valence-electron chi connectivity index (χ0n) is 16.3. The number of carbonyl (C=O) groups excluding carboxylic acids is 1. The van der Waals surface area contributed by atoms with Crippen LogP contribution >= 0.6 is 35.3 Å². The van der Waals surface area contributed by atoms with Crippen LogP contribution in [0.3, 0.4) is 0 Å². The highest BCUT2D eigenvalue weighted by molar-refractivity contribution is 14.0. The maximum Gasteiger partial charge on any atom is 0.251 e. The fourth-order valence-electron chi connectivity index (χ4n) is 2.83. The lowest BCUT2D eigenvalue weighted by molar-refractivity contribution is 0.0963. The molecule has 1 heterocycles. The number of thiophene rings is 1. The lowest BCUT2D eigenvalue weighted by Gasteiger charge is -2.15. The van der Waals surface area contributed by atoms with E-state index in [9.17, 15) is 9.90 Å². The van der Waals surface area contributed by atoms with Crippen molar-refractivity contribution in [2.75, 3.05) is 20.6 Å². The summed E-state index contributed by atoms with van der Waals surface area (Å²) in [4.78, 5) is 16.9. The van der Waals surface area contributed by atoms with Gasteiger partial charge in [-0.3, -0.25) is 9.79 Å². The van der Waals surface area contributed by atoms with E-state index in [2.05, 4.69) is 27.0 Å². The number of hydrogen-bond donors (Lipinski definition) is 4. The molecule has 29 heavy (non-hydrogen) atoms. The van der Waals surface area contributed by atoms with Crippen molar-refractivity contribution in [1.29, 1.82) is 0 Å². The Morgan fingerprint density at radius 1 is 1.14 bits per heavy atom. The average Bonchev–Trinajstić information content (AvgIpc) is 3.17. The molecule has 0 aliphatic carbocycles. The first-order valence-electron chi connectivity index (χ1n) is 9.03. The van der Waals surface area contributed by atoms with E-state index >= 15 is 0 Å². The van der Waals surface area contributed by atoms with Crippen LogP contribution in [0.5, 0.6) is 0 Å². The van der Waals surface area contributed by atoms with E-state index in [0.717, 1.165) is 20.5 Å². The largest absolute Gasteiger partial charge is 0.386 e. The summed E-state index contributed by atoms with van der Waals surface area (Å²) >= 11 is 1.59. The first-order chi connectivity index (χ1) is 13.6. The van der Waals surface area contributed by atoms with Gasteiger partial charge in [0.2, 0.25) is 0 Å². The molecular weight excluding hydrogens is 499 g/mol. The van der Waals surface area contributed by atoms with Crippen LogP contribution in [0.1, 0.15) is 26.9 Å². The van der Waals surface area contributed by atoms with Gasteiger partial charge in [-0.2, -0.15) is 0 Å². The van der Waals surface area contributed by atoms with Crippen LogP contribution in [0, 0.1) is 0 Å². The van der Waals surface area contributed by atoms with Gasteiger partial charge in [0.05, 0.1) is 0 Å². The second kappa shape index (κ2) is 11.1. The molecule has 0 aliphatic rings. The zero-order valence-corrected chi connectivity index (χ0v) is 19.5. The maximum atomic E-state index is 11.7. The van der Waals surface area contributed by atoms with Crippen molar-refractivity contribution in [1.82, 2.24) is 16.0 Å². The van der Waals surface area contributed by atoms with Crippen LogP contribution in [0.25, 0.3) is 10.1 Å². The molecule has 4 N–H and O–H groups in total. The fourth-order valence-corrected chi connectivity index (χ4v) is 3.88. The standard InChI is InChI=1S/C21H24N4O2S.HI/c1-22-20(27)16-8-5-6-14(10-16)12-24-21(23-2)25-13-17(26)19-11-15-7-3-4-9-18(15)28-19;/h3-11,17,26H,12-13H2,1-2H3,(H,22,27)(H2,23,24,25);1H. The Balaban J connectivity index is 0.00000300. The molecule has 0 bridgehead atoms. The summed E-state index contributed by atoms with van der Waals surface area (Å²) in [6, 6.07) is 17.5. The van der Waals surface area contributed by atoms with Gasteiger partial charge < -0.3 is 21.1 Å². The van der Waals surface area contributed by atoms with Crippen LogP contribution < -0.4 is 16.0 Å². The summed E-state index contributed by atoms with van der Waals surface area (Å²) in [7, 11) is 3.29. The summed E-state index contributed by atoms with van der Waals surface area (Å²) in [6.45, 7) is 0.869. The van der Waals surface area contributed by atoms with Crippen molar-refractivity contribution in [3.8, 4) is 0 Å². The number of aliphatic hydroxyl groups is 1. The van der Waals surface area contributed by atoms with E-state index < -0.39 is 6.10 Å². The topological polar surface area (TPSA) is 85.8 Å². The van der Waals surface area contributed by atoms with E-state index in [4.69, 9.17) is 0 Å². The van der Waals surface area contributed by atoms with E-state index in [0.29, 0.717) is 24.6 Å². The maximum absolute atomic E-state index is 11.7. The Labute approximate surface area is 191 Å². The zero-order chi connectivity index (χ0) is 19.9. The summed E-state index contributed by atoms with van der Waals surface area (Å²) in [6.07, 6.45) is -0.618. The second-order valence-electron chi connectivity index (χ2n) is 6.29. The molecule has 0 saturated heterocycles. The molecule has 2 aromatic carbocycles. The SMILES string of the molecule is CN=C(NCc1cccc(C(=O)NC)c1)NCC(O)c1cc2ccccc2s1.I. The number of nitrogens with zero attached hydrogens (tertiary/aromatic N) is 1. The van der Waals surface area contributed by atoms with Gasteiger partial charge in [0.15, 0.2) is 5.96 Å².